The van der Waals surface area contributed by atoms with Crippen LogP contribution in [0.3, 0.4) is 0 Å². The van der Waals surface area contributed by atoms with E-state index in [2.05, 4.69) is 17.6 Å². The summed E-state index contributed by atoms with van der Waals surface area (Å²) in [6, 6.07) is 0. The van der Waals surface area contributed by atoms with Gasteiger partial charge in [0.05, 0.1) is 5.00 Å². The topological polar surface area (TPSA) is 41.1 Å². The van der Waals surface area contributed by atoms with Crippen LogP contribution in [0.5, 0.6) is 0 Å². The molecule has 1 heterocycles. The van der Waals surface area contributed by atoms with Gasteiger partial charge in [-0.05, 0) is 50.8 Å². The summed E-state index contributed by atoms with van der Waals surface area (Å²) < 4.78 is 0. The van der Waals surface area contributed by atoms with Crippen molar-refractivity contribution >= 4 is 22.2 Å². The summed E-state index contributed by atoms with van der Waals surface area (Å²) in [6.45, 7) is 4.81. The summed E-state index contributed by atoms with van der Waals surface area (Å²) in [7, 11) is 1.87. The zero-order valence-corrected chi connectivity index (χ0v) is 12.2. The standard InChI is InChI=1S/C14H22N2OS/c1-9(8-15-3)13(17)16-14-10(2)11-6-4-5-7-12(11)18-14/h9,15H,4-8H2,1-3H3,(H,16,17). The summed E-state index contributed by atoms with van der Waals surface area (Å²) in [4.78, 5) is 13.5. The van der Waals surface area contributed by atoms with Crippen molar-refractivity contribution in [3.05, 3.63) is 16.0 Å². The minimum Gasteiger partial charge on any atom is -0.319 e. The zero-order valence-electron chi connectivity index (χ0n) is 11.4. The Balaban J connectivity index is 2.10. The largest absolute Gasteiger partial charge is 0.319 e. The molecule has 2 N–H and O–H groups in total. The first kappa shape index (κ1) is 13.6. The molecule has 1 atom stereocenters. The van der Waals surface area contributed by atoms with E-state index in [4.69, 9.17) is 0 Å². The molecule has 2 rings (SSSR count). The van der Waals surface area contributed by atoms with Crippen LogP contribution in [0.1, 0.15) is 35.8 Å². The van der Waals surface area contributed by atoms with Gasteiger partial charge in [-0.2, -0.15) is 0 Å². The van der Waals surface area contributed by atoms with E-state index in [1.54, 1.807) is 11.3 Å². The molecule has 4 heteroatoms. The molecule has 0 spiro atoms. The second-order valence-corrected chi connectivity index (χ2v) is 6.22. The van der Waals surface area contributed by atoms with Gasteiger partial charge in [0.1, 0.15) is 0 Å². The Morgan fingerprint density at radius 1 is 1.39 bits per heavy atom. The Morgan fingerprint density at radius 3 is 2.78 bits per heavy atom. The molecule has 1 aliphatic carbocycles. The maximum absolute atomic E-state index is 12.0. The predicted octanol–water partition coefficient (Wildman–Crippen LogP) is 2.73. The lowest BCUT2D eigenvalue weighted by molar-refractivity contribution is -0.119. The van der Waals surface area contributed by atoms with Gasteiger partial charge in [-0.25, -0.2) is 0 Å². The van der Waals surface area contributed by atoms with Crippen molar-refractivity contribution in [2.75, 3.05) is 18.9 Å². The highest BCUT2D eigenvalue weighted by atomic mass is 32.1. The van der Waals surface area contributed by atoms with Crippen LogP contribution in [0, 0.1) is 12.8 Å². The summed E-state index contributed by atoms with van der Waals surface area (Å²) in [5.74, 6) is 0.125. The van der Waals surface area contributed by atoms with E-state index in [1.807, 2.05) is 14.0 Å². The van der Waals surface area contributed by atoms with Crippen LogP contribution in [-0.2, 0) is 17.6 Å². The molecule has 18 heavy (non-hydrogen) atoms. The number of fused-ring (bicyclic) bond motifs is 1. The van der Waals surface area contributed by atoms with Crippen LogP contribution in [0.4, 0.5) is 5.00 Å². The minimum absolute atomic E-state index is 0.00790. The summed E-state index contributed by atoms with van der Waals surface area (Å²) >= 11 is 1.77. The molecule has 0 aromatic carbocycles. The van der Waals surface area contributed by atoms with Gasteiger partial charge in [0.2, 0.25) is 5.91 Å². The number of carbonyl (C=O) groups is 1. The Kier molecular flexibility index (Phi) is 4.40. The first-order chi connectivity index (χ1) is 8.63. The average Bonchev–Trinajstić information content (AvgIpc) is 2.67. The fourth-order valence-electron chi connectivity index (χ4n) is 2.48. The van der Waals surface area contributed by atoms with Crippen LogP contribution in [0.2, 0.25) is 0 Å². The summed E-state index contributed by atoms with van der Waals surface area (Å²) in [5, 5.41) is 7.20. The van der Waals surface area contributed by atoms with Gasteiger partial charge >= 0.3 is 0 Å². The number of aryl methyl sites for hydroxylation is 1. The third kappa shape index (κ3) is 2.75. The molecule has 1 aromatic rings. The smallest absolute Gasteiger partial charge is 0.229 e. The maximum atomic E-state index is 12.0. The molecule has 0 radical (unpaired) electrons. The van der Waals surface area contributed by atoms with E-state index in [0.29, 0.717) is 0 Å². The molecule has 100 valence electrons. The third-order valence-corrected chi connectivity index (χ3v) is 4.94. The molecular formula is C14H22N2OS. The van der Waals surface area contributed by atoms with Gasteiger partial charge in [-0.1, -0.05) is 6.92 Å². The van der Waals surface area contributed by atoms with Crippen molar-refractivity contribution in [1.29, 1.82) is 0 Å². The van der Waals surface area contributed by atoms with Crippen LogP contribution in [-0.4, -0.2) is 19.5 Å². The van der Waals surface area contributed by atoms with Crippen LogP contribution < -0.4 is 10.6 Å². The third-order valence-electron chi connectivity index (χ3n) is 3.63. The molecular weight excluding hydrogens is 244 g/mol. The molecule has 0 fully saturated rings. The highest BCUT2D eigenvalue weighted by molar-refractivity contribution is 7.16. The van der Waals surface area contributed by atoms with Gasteiger partial charge in [0.25, 0.3) is 0 Å². The minimum atomic E-state index is 0.00790. The Bertz CT molecular complexity index is 439. The summed E-state index contributed by atoms with van der Waals surface area (Å²) in [6.07, 6.45) is 4.94. The number of nitrogens with one attached hydrogen (secondary N) is 2. The van der Waals surface area contributed by atoms with Gasteiger partial charge in [-0.3, -0.25) is 4.79 Å². The highest BCUT2D eigenvalue weighted by Gasteiger charge is 2.20. The second kappa shape index (κ2) is 5.85. The monoisotopic (exact) mass is 266 g/mol. The van der Waals surface area contributed by atoms with Crippen molar-refractivity contribution in [3.63, 3.8) is 0 Å². The van der Waals surface area contributed by atoms with E-state index in [1.165, 1.54) is 41.7 Å². The Morgan fingerprint density at radius 2 is 2.11 bits per heavy atom. The lowest BCUT2D eigenvalue weighted by Gasteiger charge is -2.11. The molecule has 3 nitrogen and oxygen atoms in total. The van der Waals surface area contributed by atoms with Crippen molar-refractivity contribution in [2.45, 2.75) is 39.5 Å². The first-order valence-corrected chi connectivity index (χ1v) is 7.51. The van der Waals surface area contributed by atoms with Crippen molar-refractivity contribution in [2.24, 2.45) is 5.92 Å². The molecule has 0 saturated heterocycles. The number of carbonyl (C=O) groups excluding carboxylic acids is 1. The van der Waals surface area contributed by atoms with Crippen molar-refractivity contribution in [3.8, 4) is 0 Å². The average molecular weight is 266 g/mol. The number of amides is 1. The molecule has 1 aliphatic rings. The van der Waals surface area contributed by atoms with Gasteiger partial charge in [-0.15, -0.1) is 11.3 Å². The molecule has 1 aromatic heterocycles. The molecule has 1 amide bonds. The number of hydrogen-bond acceptors (Lipinski definition) is 3. The lowest BCUT2D eigenvalue weighted by Crippen LogP contribution is -2.28. The highest BCUT2D eigenvalue weighted by Crippen LogP contribution is 2.37. The molecule has 1 unspecified atom stereocenters. The fourth-order valence-corrected chi connectivity index (χ4v) is 3.78. The lowest BCUT2D eigenvalue weighted by atomic mass is 9.96. The van der Waals surface area contributed by atoms with Gasteiger partial charge < -0.3 is 10.6 Å². The van der Waals surface area contributed by atoms with Gasteiger partial charge in [0, 0.05) is 17.3 Å². The number of thiophene rings is 1. The second-order valence-electron chi connectivity index (χ2n) is 5.11. The van der Waals surface area contributed by atoms with Crippen LogP contribution in [0.15, 0.2) is 0 Å². The van der Waals surface area contributed by atoms with Crippen molar-refractivity contribution < 1.29 is 4.79 Å². The van der Waals surface area contributed by atoms with Crippen LogP contribution >= 0.6 is 11.3 Å². The fraction of sp³-hybridized carbons (Fsp3) is 0.643. The summed E-state index contributed by atoms with van der Waals surface area (Å²) in [5.41, 5.74) is 2.78. The number of anilines is 1. The van der Waals surface area contributed by atoms with E-state index >= 15 is 0 Å². The normalized spacial score (nSPS) is 16.2. The Labute approximate surface area is 113 Å². The molecule has 0 saturated carbocycles. The predicted molar refractivity (Wildman–Crippen MR) is 77.4 cm³/mol. The molecule has 0 aliphatic heterocycles. The van der Waals surface area contributed by atoms with Gasteiger partial charge in [0.15, 0.2) is 0 Å². The van der Waals surface area contributed by atoms with Crippen molar-refractivity contribution in [1.82, 2.24) is 5.32 Å². The quantitative estimate of drug-likeness (QED) is 0.880. The molecule has 0 bridgehead atoms. The van der Waals surface area contributed by atoms with E-state index in [-0.39, 0.29) is 11.8 Å². The SMILES string of the molecule is CNCC(C)C(=O)Nc1sc2c(c1C)CCCC2. The van der Waals surface area contributed by atoms with Crippen LogP contribution in [0.25, 0.3) is 0 Å². The maximum Gasteiger partial charge on any atom is 0.229 e. The van der Waals surface area contributed by atoms with E-state index in [0.717, 1.165) is 11.5 Å². The van der Waals surface area contributed by atoms with E-state index in [9.17, 15) is 4.79 Å². The number of hydrogen-bond donors (Lipinski definition) is 2. The number of rotatable bonds is 4. The van der Waals surface area contributed by atoms with E-state index < -0.39 is 0 Å². The zero-order chi connectivity index (χ0) is 13.1. The Hall–Kier alpha value is -0.870. The first-order valence-electron chi connectivity index (χ1n) is 6.70.